The van der Waals surface area contributed by atoms with Crippen molar-refractivity contribution in [2.75, 3.05) is 20.1 Å². The molecule has 0 saturated carbocycles. The number of piperidine rings is 1. The van der Waals surface area contributed by atoms with Gasteiger partial charge in [0, 0.05) is 20.1 Å². The third-order valence-corrected chi connectivity index (χ3v) is 7.84. The maximum absolute atomic E-state index is 13.3. The van der Waals surface area contributed by atoms with Gasteiger partial charge in [0.15, 0.2) is 0 Å². The predicted molar refractivity (Wildman–Crippen MR) is 129 cm³/mol. The van der Waals surface area contributed by atoms with E-state index in [4.69, 9.17) is 4.74 Å². The van der Waals surface area contributed by atoms with Crippen molar-refractivity contribution in [3.63, 3.8) is 0 Å². The first-order valence-corrected chi connectivity index (χ1v) is 12.8. The maximum atomic E-state index is 13.3. The van der Waals surface area contributed by atoms with Crippen LogP contribution in [0.15, 0.2) is 53.4 Å². The van der Waals surface area contributed by atoms with Gasteiger partial charge in [0.25, 0.3) is 0 Å². The van der Waals surface area contributed by atoms with Crippen LogP contribution in [0.4, 0.5) is 9.18 Å². The molecule has 10 heteroatoms. The number of hydrogen-bond acceptors (Lipinski definition) is 5. The highest BCUT2D eigenvalue weighted by molar-refractivity contribution is 7.89. The molecule has 2 aromatic rings. The lowest BCUT2D eigenvalue weighted by Gasteiger charge is -2.37. The smallest absolute Gasteiger partial charge is 0.410 e. The highest BCUT2D eigenvalue weighted by Gasteiger charge is 2.40. The second-order valence-electron chi connectivity index (χ2n) is 9.64. The molecule has 1 saturated heterocycles. The van der Waals surface area contributed by atoms with Gasteiger partial charge in [-0.3, -0.25) is 4.79 Å². The number of likely N-dealkylation sites (N-methyl/N-ethyl adjacent to an activating group) is 1. The molecular weight excluding hydrogens is 475 g/mol. The van der Waals surface area contributed by atoms with Crippen LogP contribution in [-0.4, -0.2) is 66.6 Å². The summed E-state index contributed by atoms with van der Waals surface area (Å²) in [7, 11) is -2.84. The Morgan fingerprint density at radius 1 is 1.03 bits per heavy atom. The minimum Gasteiger partial charge on any atom is -0.480 e. The van der Waals surface area contributed by atoms with E-state index in [2.05, 4.69) is 0 Å². The quantitative estimate of drug-likeness (QED) is 0.629. The Morgan fingerprint density at radius 3 is 1.97 bits per heavy atom. The molecule has 0 aliphatic carbocycles. The SMILES string of the molecule is CN(C(C(=O)O)C1CCN(C(=O)OC(C)(C)C)CC1)S(=O)(=O)c1ccc(-c2ccc(F)cc2)cc1. The van der Waals surface area contributed by atoms with Crippen LogP contribution >= 0.6 is 0 Å². The van der Waals surface area contributed by atoms with E-state index in [9.17, 15) is 27.5 Å². The Morgan fingerprint density at radius 2 is 1.51 bits per heavy atom. The number of carboxylic acid groups (broad SMARTS) is 1. The van der Waals surface area contributed by atoms with E-state index in [0.717, 1.165) is 9.87 Å². The van der Waals surface area contributed by atoms with E-state index in [-0.39, 0.29) is 23.8 Å². The normalized spacial score (nSPS) is 16.2. The first-order valence-electron chi connectivity index (χ1n) is 11.3. The van der Waals surface area contributed by atoms with Crippen molar-refractivity contribution in [1.29, 1.82) is 0 Å². The van der Waals surface area contributed by atoms with Crippen molar-refractivity contribution >= 4 is 22.1 Å². The Balaban J connectivity index is 1.74. The molecule has 1 atom stereocenters. The van der Waals surface area contributed by atoms with Gasteiger partial charge < -0.3 is 14.7 Å². The molecule has 3 rings (SSSR count). The number of benzene rings is 2. The molecule has 1 fully saturated rings. The summed E-state index contributed by atoms with van der Waals surface area (Å²) in [6.45, 7) is 5.87. The molecule has 1 amide bonds. The summed E-state index contributed by atoms with van der Waals surface area (Å²) >= 11 is 0. The van der Waals surface area contributed by atoms with Gasteiger partial charge in [-0.15, -0.1) is 0 Å². The van der Waals surface area contributed by atoms with Gasteiger partial charge in [-0.2, -0.15) is 4.31 Å². The molecule has 1 unspecified atom stereocenters. The Kier molecular flexibility index (Phi) is 7.86. The van der Waals surface area contributed by atoms with Crippen LogP contribution in [0.25, 0.3) is 11.1 Å². The summed E-state index contributed by atoms with van der Waals surface area (Å²) in [5.74, 6) is -2.08. The standard InChI is InChI=1S/C25H31FN2O6S/c1-25(2,3)34-24(31)28-15-13-19(14-16-28)22(23(29)30)27(4)35(32,33)21-11-7-18(8-12-21)17-5-9-20(26)10-6-17/h5-12,19,22H,13-16H2,1-4H3,(H,29,30). The number of rotatable bonds is 6. The highest BCUT2D eigenvalue weighted by Crippen LogP contribution is 2.29. The number of nitrogens with zero attached hydrogens (tertiary/aromatic N) is 2. The van der Waals surface area contributed by atoms with Crippen molar-refractivity contribution in [1.82, 2.24) is 9.21 Å². The van der Waals surface area contributed by atoms with Gasteiger partial charge in [-0.1, -0.05) is 24.3 Å². The van der Waals surface area contributed by atoms with Crippen molar-refractivity contribution in [2.24, 2.45) is 5.92 Å². The van der Waals surface area contributed by atoms with Crippen molar-refractivity contribution in [2.45, 2.75) is 50.2 Å². The number of aliphatic carboxylic acids is 1. The van der Waals surface area contributed by atoms with Crippen LogP contribution in [0, 0.1) is 11.7 Å². The van der Waals surface area contributed by atoms with E-state index in [0.29, 0.717) is 18.4 Å². The number of carbonyl (C=O) groups is 2. The molecule has 0 aromatic heterocycles. The molecule has 0 spiro atoms. The third kappa shape index (κ3) is 6.37. The average Bonchev–Trinajstić information content (AvgIpc) is 2.79. The Hall–Kier alpha value is -2.98. The molecule has 1 aliphatic rings. The monoisotopic (exact) mass is 506 g/mol. The largest absolute Gasteiger partial charge is 0.480 e. The lowest BCUT2D eigenvalue weighted by molar-refractivity contribution is -0.143. The van der Waals surface area contributed by atoms with Crippen molar-refractivity contribution < 1.29 is 32.2 Å². The summed E-state index contributed by atoms with van der Waals surface area (Å²) < 4.78 is 46.0. The fourth-order valence-corrected chi connectivity index (χ4v) is 5.53. The zero-order valence-electron chi connectivity index (χ0n) is 20.3. The number of halogens is 1. The minimum atomic E-state index is -4.10. The van der Waals surface area contributed by atoms with Gasteiger partial charge in [-0.25, -0.2) is 17.6 Å². The van der Waals surface area contributed by atoms with E-state index in [1.54, 1.807) is 45.0 Å². The van der Waals surface area contributed by atoms with E-state index in [1.807, 2.05) is 0 Å². The second kappa shape index (κ2) is 10.3. The highest BCUT2D eigenvalue weighted by atomic mass is 32.2. The first kappa shape index (κ1) is 26.6. The molecular formula is C25H31FN2O6S. The molecule has 1 N–H and O–H groups in total. The molecule has 2 aromatic carbocycles. The number of likely N-dealkylation sites (tertiary alicyclic amines) is 1. The van der Waals surface area contributed by atoms with E-state index >= 15 is 0 Å². The van der Waals surface area contributed by atoms with Gasteiger partial charge in [0.05, 0.1) is 4.90 Å². The third-order valence-electron chi connectivity index (χ3n) is 5.99. The topological polar surface area (TPSA) is 104 Å². The molecule has 0 radical (unpaired) electrons. The molecule has 1 aliphatic heterocycles. The first-order chi connectivity index (χ1) is 16.3. The van der Waals surface area contributed by atoms with Crippen LogP contribution in [0.1, 0.15) is 33.6 Å². The number of sulfonamides is 1. The summed E-state index contributed by atoms with van der Waals surface area (Å²) in [5, 5.41) is 9.91. The number of ether oxygens (including phenoxy) is 1. The Labute approximate surface area is 205 Å². The fourth-order valence-electron chi connectivity index (χ4n) is 4.16. The second-order valence-corrected chi connectivity index (χ2v) is 11.6. The molecule has 1 heterocycles. The summed E-state index contributed by atoms with van der Waals surface area (Å²) in [6, 6.07) is 10.6. The molecule has 190 valence electrons. The lowest BCUT2D eigenvalue weighted by atomic mass is 9.89. The average molecular weight is 507 g/mol. The van der Waals surface area contributed by atoms with E-state index in [1.165, 1.54) is 36.2 Å². The van der Waals surface area contributed by atoms with Gasteiger partial charge in [-0.05, 0) is 74.9 Å². The van der Waals surface area contributed by atoms with Crippen LogP contribution in [0.2, 0.25) is 0 Å². The van der Waals surface area contributed by atoms with Crippen molar-refractivity contribution in [3.05, 3.63) is 54.3 Å². The van der Waals surface area contributed by atoms with Crippen LogP contribution in [-0.2, 0) is 19.6 Å². The van der Waals surface area contributed by atoms with Crippen LogP contribution in [0.5, 0.6) is 0 Å². The van der Waals surface area contributed by atoms with Crippen molar-refractivity contribution in [3.8, 4) is 11.1 Å². The fraction of sp³-hybridized carbons (Fsp3) is 0.440. The number of amides is 1. The molecule has 35 heavy (non-hydrogen) atoms. The minimum absolute atomic E-state index is 0.0386. The number of carbonyl (C=O) groups excluding carboxylic acids is 1. The zero-order valence-corrected chi connectivity index (χ0v) is 21.1. The van der Waals surface area contributed by atoms with Crippen LogP contribution in [0.3, 0.4) is 0 Å². The number of hydrogen-bond donors (Lipinski definition) is 1. The zero-order chi connectivity index (χ0) is 26.0. The molecule has 0 bridgehead atoms. The molecule has 8 nitrogen and oxygen atoms in total. The van der Waals surface area contributed by atoms with E-state index < -0.39 is 39.6 Å². The Bertz CT molecular complexity index is 1150. The van der Waals surface area contributed by atoms with Crippen LogP contribution < -0.4 is 0 Å². The summed E-state index contributed by atoms with van der Waals surface area (Å²) in [6.07, 6.45) is 0.198. The lowest BCUT2D eigenvalue weighted by Crippen LogP contribution is -2.51. The van der Waals surface area contributed by atoms with Gasteiger partial charge in [0.2, 0.25) is 10.0 Å². The predicted octanol–water partition coefficient (Wildman–Crippen LogP) is 4.21. The summed E-state index contributed by atoms with van der Waals surface area (Å²) in [4.78, 5) is 25.9. The number of carboxylic acids is 1. The summed E-state index contributed by atoms with van der Waals surface area (Å²) in [5.41, 5.74) is 0.790. The maximum Gasteiger partial charge on any atom is 0.410 e. The van der Waals surface area contributed by atoms with Gasteiger partial charge in [0.1, 0.15) is 17.5 Å². The van der Waals surface area contributed by atoms with Gasteiger partial charge >= 0.3 is 12.1 Å².